The standard InChI is InChI=1S/C3H6NOSTe/c1-4(2)3(6)5-7/h1-2H3. The average Bonchev–Trinajstić information content (AvgIpc) is 1.65. The van der Waals surface area contributed by atoms with Gasteiger partial charge in [-0.3, -0.25) is 0 Å². The summed E-state index contributed by atoms with van der Waals surface area (Å²) in [6, 6.07) is 0. The van der Waals surface area contributed by atoms with Gasteiger partial charge in [-0.2, -0.15) is 0 Å². The van der Waals surface area contributed by atoms with Crippen LogP contribution in [-0.2, 0) is 3.10 Å². The molecule has 0 saturated heterocycles. The molecule has 0 unspecified atom stereocenters. The van der Waals surface area contributed by atoms with E-state index < -0.39 is 0 Å². The van der Waals surface area contributed by atoms with Crippen LogP contribution in [0.4, 0.5) is 0 Å². The molecule has 0 N–H and O–H groups in total. The number of thiocarbonyl (C=S) groups is 1. The van der Waals surface area contributed by atoms with Crippen LogP contribution in [0.1, 0.15) is 0 Å². The van der Waals surface area contributed by atoms with Crippen molar-refractivity contribution in [1.82, 2.24) is 4.90 Å². The minimum absolute atomic E-state index is 0.518. The summed E-state index contributed by atoms with van der Waals surface area (Å²) in [6.07, 6.45) is 0. The van der Waals surface area contributed by atoms with Crippen molar-refractivity contribution in [3.8, 4) is 0 Å². The summed E-state index contributed by atoms with van der Waals surface area (Å²) in [5.41, 5.74) is 0. The van der Waals surface area contributed by atoms with Gasteiger partial charge in [0, 0.05) is 0 Å². The molecule has 0 fully saturated rings. The van der Waals surface area contributed by atoms with Crippen LogP contribution in [0.3, 0.4) is 0 Å². The van der Waals surface area contributed by atoms with Crippen molar-refractivity contribution in [3.05, 3.63) is 0 Å². The molecule has 0 aliphatic heterocycles. The molecule has 0 bridgehead atoms. The molecule has 0 aliphatic rings. The van der Waals surface area contributed by atoms with Crippen LogP contribution in [0.5, 0.6) is 0 Å². The molecule has 2 nitrogen and oxygen atoms in total. The Balaban J connectivity index is 3.35. The molecule has 4 heteroatoms. The summed E-state index contributed by atoms with van der Waals surface area (Å²) < 4.78 is 4.68. The van der Waals surface area contributed by atoms with Crippen LogP contribution in [0.15, 0.2) is 0 Å². The van der Waals surface area contributed by atoms with Crippen LogP contribution in [0, 0.1) is 0 Å². The first-order chi connectivity index (χ1) is 3.18. The minimum atomic E-state index is 0.518. The first kappa shape index (κ1) is 7.48. The van der Waals surface area contributed by atoms with Crippen LogP contribution in [-0.4, -0.2) is 46.9 Å². The normalized spacial score (nSPS) is 7.86. The van der Waals surface area contributed by atoms with Crippen molar-refractivity contribution in [1.29, 1.82) is 0 Å². The topological polar surface area (TPSA) is 12.5 Å². The predicted octanol–water partition coefficient (Wildman–Crippen LogP) is -0.0670. The van der Waals surface area contributed by atoms with Gasteiger partial charge in [0.15, 0.2) is 0 Å². The van der Waals surface area contributed by atoms with Gasteiger partial charge in [0.25, 0.3) is 0 Å². The van der Waals surface area contributed by atoms with Gasteiger partial charge in [-0.15, -0.1) is 0 Å². The summed E-state index contributed by atoms with van der Waals surface area (Å²) in [7, 11) is 3.68. The molecule has 0 aromatic rings. The summed E-state index contributed by atoms with van der Waals surface area (Å²) in [5, 5.41) is 0.518. The molecular weight excluding hydrogens is 226 g/mol. The van der Waals surface area contributed by atoms with Gasteiger partial charge < -0.3 is 0 Å². The van der Waals surface area contributed by atoms with Gasteiger partial charge in [-0.05, 0) is 0 Å². The monoisotopic (exact) mass is 234 g/mol. The van der Waals surface area contributed by atoms with E-state index in [1.54, 1.807) is 4.90 Å². The van der Waals surface area contributed by atoms with Crippen molar-refractivity contribution >= 4 is 40.1 Å². The Morgan fingerprint density at radius 2 is 2.14 bits per heavy atom. The van der Waals surface area contributed by atoms with E-state index in [0.29, 0.717) is 5.17 Å². The number of rotatable bonds is 0. The van der Waals surface area contributed by atoms with E-state index in [4.69, 9.17) is 0 Å². The van der Waals surface area contributed by atoms with E-state index in [1.165, 1.54) is 22.7 Å². The first-order valence-electron chi connectivity index (χ1n) is 1.69. The molecule has 0 spiro atoms. The van der Waals surface area contributed by atoms with Gasteiger partial charge in [0.1, 0.15) is 0 Å². The maximum atomic E-state index is 4.69. The van der Waals surface area contributed by atoms with Gasteiger partial charge in [-0.1, -0.05) is 0 Å². The number of nitrogens with zero attached hydrogens (tertiary/aromatic N) is 1. The molecule has 1 radical (unpaired) electrons. The summed E-state index contributed by atoms with van der Waals surface area (Å²) in [4.78, 5) is 1.73. The molecule has 0 amide bonds. The summed E-state index contributed by atoms with van der Waals surface area (Å²) in [6.45, 7) is 0. The van der Waals surface area contributed by atoms with Crippen LogP contribution in [0.25, 0.3) is 0 Å². The molecule has 0 rings (SSSR count). The molecule has 0 aliphatic carbocycles. The second-order valence-corrected chi connectivity index (χ2v) is 2.07. The zero-order valence-corrected chi connectivity index (χ0v) is 7.32. The molecule has 0 saturated carbocycles. The SMILES string of the molecule is CN(C)C(=S)O[Te]. The van der Waals surface area contributed by atoms with Crippen LogP contribution in [0.2, 0.25) is 0 Å². The van der Waals surface area contributed by atoms with E-state index in [2.05, 4.69) is 15.3 Å². The number of hydrogen-bond donors (Lipinski definition) is 0. The van der Waals surface area contributed by atoms with Crippen molar-refractivity contribution < 1.29 is 3.10 Å². The zero-order valence-electron chi connectivity index (χ0n) is 4.17. The third-order valence-corrected chi connectivity index (χ3v) is 1.66. The second kappa shape index (κ2) is 3.48. The van der Waals surface area contributed by atoms with Gasteiger partial charge in [0.05, 0.1) is 0 Å². The Morgan fingerprint density at radius 3 is 2.14 bits per heavy atom. The third-order valence-electron chi connectivity index (χ3n) is 0.436. The summed E-state index contributed by atoms with van der Waals surface area (Å²) >= 11 is 6.18. The average molecular weight is 232 g/mol. The fraction of sp³-hybridized carbons (Fsp3) is 0.667. The first-order valence-corrected chi connectivity index (χ1v) is 3.05. The fourth-order valence-corrected chi connectivity index (χ4v) is 0.500. The van der Waals surface area contributed by atoms with E-state index in [1.807, 2.05) is 14.1 Å². The fourth-order valence-electron chi connectivity index (χ4n) is 0.0745. The van der Waals surface area contributed by atoms with Crippen LogP contribution < -0.4 is 0 Å². The van der Waals surface area contributed by atoms with Gasteiger partial charge in [-0.25, -0.2) is 0 Å². The van der Waals surface area contributed by atoms with Crippen molar-refractivity contribution in [2.24, 2.45) is 0 Å². The Hall–Kier alpha value is 0.480. The maximum absolute atomic E-state index is 4.69. The Morgan fingerprint density at radius 1 is 1.71 bits per heavy atom. The van der Waals surface area contributed by atoms with E-state index in [9.17, 15) is 0 Å². The molecule has 0 aromatic carbocycles. The molecular formula is C3H6NOSTe. The molecule has 7 heavy (non-hydrogen) atoms. The Kier molecular flexibility index (Phi) is 3.72. The quantitative estimate of drug-likeness (QED) is 0.428. The Bertz CT molecular complexity index is 75.3. The molecule has 41 valence electrons. The van der Waals surface area contributed by atoms with E-state index in [0.717, 1.165) is 0 Å². The summed E-state index contributed by atoms with van der Waals surface area (Å²) in [5.74, 6) is 0. The predicted molar refractivity (Wildman–Crippen MR) is 33.1 cm³/mol. The number of hydrogen-bond acceptors (Lipinski definition) is 2. The van der Waals surface area contributed by atoms with Crippen molar-refractivity contribution in [3.63, 3.8) is 0 Å². The molecule has 0 atom stereocenters. The van der Waals surface area contributed by atoms with Crippen molar-refractivity contribution in [2.75, 3.05) is 14.1 Å². The van der Waals surface area contributed by atoms with E-state index >= 15 is 0 Å². The van der Waals surface area contributed by atoms with Crippen LogP contribution >= 0.6 is 12.2 Å². The van der Waals surface area contributed by atoms with Gasteiger partial charge in [0.2, 0.25) is 0 Å². The molecule has 0 heterocycles. The second-order valence-electron chi connectivity index (χ2n) is 1.24. The zero-order chi connectivity index (χ0) is 5.86. The van der Waals surface area contributed by atoms with Gasteiger partial charge >= 0.3 is 62.2 Å². The van der Waals surface area contributed by atoms with Crippen molar-refractivity contribution in [2.45, 2.75) is 0 Å². The Labute approximate surface area is 62.3 Å². The third kappa shape index (κ3) is 3.10. The van der Waals surface area contributed by atoms with E-state index in [-0.39, 0.29) is 0 Å². The molecule has 0 aromatic heterocycles.